The Balaban J connectivity index is 3.08. The molecule has 0 saturated carbocycles. The van der Waals surface area contributed by atoms with Gasteiger partial charge in [-0.25, -0.2) is 0 Å². The summed E-state index contributed by atoms with van der Waals surface area (Å²) in [5.74, 6) is -0.836. The van der Waals surface area contributed by atoms with E-state index in [1.807, 2.05) is 0 Å². The summed E-state index contributed by atoms with van der Waals surface area (Å²) in [6.45, 7) is 1.21. The Hall–Kier alpha value is -1.57. The Morgan fingerprint density at radius 1 is 1.56 bits per heavy atom. The Morgan fingerprint density at radius 3 is 2.44 bits per heavy atom. The van der Waals surface area contributed by atoms with E-state index in [1.165, 1.54) is 6.92 Å². The Bertz CT molecular complexity index is 385. The zero-order valence-electron chi connectivity index (χ0n) is 8.40. The number of primary amides is 1. The number of nitrogens with two attached hydrogens (primary N) is 2. The second-order valence-corrected chi connectivity index (χ2v) is 3.42. The molecule has 0 aliphatic rings. The molecule has 0 spiro atoms. The van der Waals surface area contributed by atoms with Crippen molar-refractivity contribution in [1.29, 1.82) is 0 Å². The fourth-order valence-electron chi connectivity index (χ4n) is 1.31. The number of amides is 1. The third-order valence-corrected chi connectivity index (χ3v) is 2.00. The number of carbonyl (C=O) groups excluding carboxylic acids is 1. The summed E-state index contributed by atoms with van der Waals surface area (Å²) in [6, 6.07) is -3.15. The second-order valence-electron chi connectivity index (χ2n) is 3.42. The van der Waals surface area contributed by atoms with Crippen molar-refractivity contribution in [2.24, 2.45) is 11.5 Å². The van der Waals surface area contributed by atoms with Crippen molar-refractivity contribution in [2.75, 3.05) is 0 Å². The quantitative estimate of drug-likeness (QED) is 0.797. The standard InChI is InChI=1S/C8H11F3N4O/c1-4(12)6(8(9,10)11)15-3-5(2-14-15)7(13)16/h2-4,6H,12H2,1H3,(H2,13,16). The molecule has 0 aliphatic heterocycles. The second kappa shape index (κ2) is 4.12. The SMILES string of the molecule is CC(N)C(n1cc(C(N)=O)cn1)C(F)(F)F. The zero-order chi connectivity index (χ0) is 12.5. The summed E-state index contributed by atoms with van der Waals surface area (Å²) in [5, 5.41) is 3.44. The maximum atomic E-state index is 12.6. The average molecular weight is 236 g/mol. The minimum Gasteiger partial charge on any atom is -0.366 e. The van der Waals surface area contributed by atoms with Crippen molar-refractivity contribution in [3.8, 4) is 0 Å². The van der Waals surface area contributed by atoms with Crippen LogP contribution in [0.4, 0.5) is 13.2 Å². The number of rotatable bonds is 3. The summed E-state index contributed by atoms with van der Waals surface area (Å²) < 4.78 is 38.4. The molecule has 0 fully saturated rings. The molecule has 1 amide bonds. The van der Waals surface area contributed by atoms with E-state index in [9.17, 15) is 18.0 Å². The predicted octanol–water partition coefficient (Wildman–Crippen LogP) is 0.433. The molecule has 1 rings (SSSR count). The molecule has 8 heteroatoms. The van der Waals surface area contributed by atoms with E-state index in [0.29, 0.717) is 4.68 Å². The van der Waals surface area contributed by atoms with Gasteiger partial charge in [0.1, 0.15) is 0 Å². The van der Waals surface area contributed by atoms with Crippen molar-refractivity contribution in [3.05, 3.63) is 18.0 Å². The van der Waals surface area contributed by atoms with E-state index in [-0.39, 0.29) is 5.56 Å². The lowest BCUT2D eigenvalue weighted by Gasteiger charge is -2.23. The predicted molar refractivity (Wildman–Crippen MR) is 49.5 cm³/mol. The lowest BCUT2D eigenvalue weighted by molar-refractivity contribution is -0.174. The molecule has 0 bridgehead atoms. The Kier molecular flexibility index (Phi) is 3.22. The van der Waals surface area contributed by atoms with Crippen LogP contribution < -0.4 is 11.5 Å². The Morgan fingerprint density at radius 2 is 2.12 bits per heavy atom. The highest BCUT2D eigenvalue weighted by Gasteiger charge is 2.44. The van der Waals surface area contributed by atoms with Gasteiger partial charge >= 0.3 is 6.18 Å². The van der Waals surface area contributed by atoms with Crippen LogP contribution >= 0.6 is 0 Å². The average Bonchev–Trinajstić information content (AvgIpc) is 2.49. The fraction of sp³-hybridized carbons (Fsp3) is 0.500. The van der Waals surface area contributed by atoms with Crippen LogP contribution in [0.1, 0.15) is 23.3 Å². The highest BCUT2D eigenvalue weighted by Crippen LogP contribution is 2.32. The van der Waals surface area contributed by atoms with Gasteiger partial charge in [0, 0.05) is 12.2 Å². The molecule has 0 saturated heterocycles. The molecule has 4 N–H and O–H groups in total. The first-order chi connectivity index (χ1) is 7.23. The first-order valence-corrected chi connectivity index (χ1v) is 4.39. The van der Waals surface area contributed by atoms with Crippen molar-refractivity contribution < 1.29 is 18.0 Å². The minimum atomic E-state index is -4.53. The van der Waals surface area contributed by atoms with Crippen LogP contribution in [0.3, 0.4) is 0 Å². The lowest BCUT2D eigenvalue weighted by Crippen LogP contribution is -2.40. The van der Waals surface area contributed by atoms with Gasteiger partial charge in [0.2, 0.25) is 0 Å². The van der Waals surface area contributed by atoms with Crippen LogP contribution in [0.15, 0.2) is 12.4 Å². The van der Waals surface area contributed by atoms with Gasteiger partial charge < -0.3 is 11.5 Å². The van der Waals surface area contributed by atoms with Gasteiger partial charge in [-0.15, -0.1) is 0 Å². The maximum absolute atomic E-state index is 12.6. The van der Waals surface area contributed by atoms with Crippen molar-refractivity contribution in [1.82, 2.24) is 9.78 Å². The Labute approximate surface area is 89.2 Å². The number of hydrogen-bond donors (Lipinski definition) is 2. The zero-order valence-corrected chi connectivity index (χ0v) is 8.40. The highest BCUT2D eigenvalue weighted by atomic mass is 19.4. The monoisotopic (exact) mass is 236 g/mol. The molecule has 1 aromatic rings. The smallest absolute Gasteiger partial charge is 0.366 e. The van der Waals surface area contributed by atoms with Gasteiger partial charge in [-0.2, -0.15) is 18.3 Å². The van der Waals surface area contributed by atoms with E-state index in [1.54, 1.807) is 0 Å². The van der Waals surface area contributed by atoms with E-state index in [2.05, 4.69) is 5.10 Å². The van der Waals surface area contributed by atoms with E-state index >= 15 is 0 Å². The third kappa shape index (κ3) is 2.51. The van der Waals surface area contributed by atoms with Gasteiger partial charge in [-0.05, 0) is 6.92 Å². The van der Waals surface area contributed by atoms with E-state index < -0.39 is 24.2 Å². The molecule has 0 aromatic carbocycles. The van der Waals surface area contributed by atoms with Crippen LogP contribution in [0.25, 0.3) is 0 Å². The number of alkyl halides is 3. The van der Waals surface area contributed by atoms with E-state index in [0.717, 1.165) is 12.4 Å². The topological polar surface area (TPSA) is 86.9 Å². The number of nitrogens with zero attached hydrogens (tertiary/aromatic N) is 2. The van der Waals surface area contributed by atoms with Crippen LogP contribution in [0.2, 0.25) is 0 Å². The number of carbonyl (C=O) groups is 1. The minimum absolute atomic E-state index is 0.0881. The molecule has 0 aliphatic carbocycles. The summed E-state index contributed by atoms with van der Waals surface area (Å²) in [7, 11) is 0. The molecule has 1 aromatic heterocycles. The van der Waals surface area contributed by atoms with Gasteiger partial charge in [0.25, 0.3) is 5.91 Å². The van der Waals surface area contributed by atoms with Crippen LogP contribution in [-0.4, -0.2) is 27.9 Å². The molecule has 16 heavy (non-hydrogen) atoms. The number of aromatic nitrogens is 2. The largest absolute Gasteiger partial charge is 0.412 e. The molecule has 2 unspecified atom stereocenters. The molecule has 5 nitrogen and oxygen atoms in total. The highest BCUT2D eigenvalue weighted by molar-refractivity contribution is 5.92. The van der Waals surface area contributed by atoms with Gasteiger partial charge in [0.05, 0.1) is 11.8 Å². The normalized spacial score (nSPS) is 15.8. The van der Waals surface area contributed by atoms with Gasteiger partial charge in [0.15, 0.2) is 6.04 Å². The summed E-state index contributed by atoms with van der Waals surface area (Å²) in [5.41, 5.74) is 10.1. The number of halogens is 3. The summed E-state index contributed by atoms with van der Waals surface area (Å²) >= 11 is 0. The van der Waals surface area contributed by atoms with Crippen LogP contribution in [0, 0.1) is 0 Å². The maximum Gasteiger partial charge on any atom is 0.412 e. The van der Waals surface area contributed by atoms with Crippen molar-refractivity contribution in [3.63, 3.8) is 0 Å². The molecular weight excluding hydrogens is 225 g/mol. The molecular formula is C8H11F3N4O. The molecule has 1 heterocycles. The molecule has 2 atom stereocenters. The van der Waals surface area contributed by atoms with Crippen molar-refractivity contribution >= 4 is 5.91 Å². The summed E-state index contributed by atoms with van der Waals surface area (Å²) in [6.07, 6.45) is -2.62. The lowest BCUT2D eigenvalue weighted by atomic mass is 10.1. The molecule has 90 valence electrons. The van der Waals surface area contributed by atoms with Gasteiger partial charge in [-0.1, -0.05) is 0 Å². The summed E-state index contributed by atoms with van der Waals surface area (Å²) in [4.78, 5) is 10.7. The van der Waals surface area contributed by atoms with Crippen LogP contribution in [-0.2, 0) is 0 Å². The van der Waals surface area contributed by atoms with Gasteiger partial charge in [-0.3, -0.25) is 9.48 Å². The number of hydrogen-bond acceptors (Lipinski definition) is 3. The van der Waals surface area contributed by atoms with Crippen molar-refractivity contribution in [2.45, 2.75) is 25.2 Å². The first kappa shape index (κ1) is 12.5. The fourth-order valence-corrected chi connectivity index (χ4v) is 1.31. The van der Waals surface area contributed by atoms with Crippen LogP contribution in [0.5, 0.6) is 0 Å². The van der Waals surface area contributed by atoms with E-state index in [4.69, 9.17) is 11.5 Å². The third-order valence-electron chi connectivity index (χ3n) is 2.00. The first-order valence-electron chi connectivity index (χ1n) is 4.39. The molecule has 0 radical (unpaired) electrons.